The fourth-order valence-electron chi connectivity index (χ4n) is 4.12. The molecule has 0 aliphatic heterocycles. The third-order valence-corrected chi connectivity index (χ3v) is 5.10. The van der Waals surface area contributed by atoms with Gasteiger partial charge in [0.05, 0.1) is 0 Å². The summed E-state index contributed by atoms with van der Waals surface area (Å²) in [5.41, 5.74) is 0. The van der Waals surface area contributed by atoms with Crippen molar-refractivity contribution in [3.8, 4) is 0 Å². The molecule has 21 heavy (non-hydrogen) atoms. The molecule has 4 unspecified atom stereocenters. The van der Waals surface area contributed by atoms with E-state index in [1.165, 1.54) is 64.6 Å². The zero-order chi connectivity index (χ0) is 15.7. The van der Waals surface area contributed by atoms with Crippen LogP contribution in [0.1, 0.15) is 79.6 Å². The van der Waals surface area contributed by atoms with Crippen LogP contribution >= 0.6 is 0 Å². The predicted molar refractivity (Wildman–Crippen MR) is 94.8 cm³/mol. The molecule has 1 saturated carbocycles. The first kappa shape index (κ1) is 19.0. The van der Waals surface area contributed by atoms with Gasteiger partial charge < -0.3 is 5.32 Å². The van der Waals surface area contributed by atoms with Crippen LogP contribution in [-0.4, -0.2) is 36.6 Å². The van der Waals surface area contributed by atoms with Crippen LogP contribution in [0.25, 0.3) is 0 Å². The number of hydrogen-bond donors (Lipinski definition) is 1. The van der Waals surface area contributed by atoms with E-state index in [0.717, 1.165) is 17.9 Å². The lowest BCUT2D eigenvalue weighted by atomic mass is 9.75. The Bertz CT molecular complexity index is 246. The molecule has 2 heteroatoms. The number of nitrogens with one attached hydrogen (secondary N) is 1. The fourth-order valence-corrected chi connectivity index (χ4v) is 4.12. The van der Waals surface area contributed by atoms with Gasteiger partial charge in [0.25, 0.3) is 0 Å². The second kappa shape index (κ2) is 10.6. The fraction of sp³-hybridized carbons (Fsp3) is 1.00. The van der Waals surface area contributed by atoms with Crippen LogP contribution in [0.4, 0.5) is 0 Å². The molecule has 1 aliphatic rings. The standard InChI is InChI=1S/C19H40N2/c1-6-9-12-21(13-10-7-2)19-17(5)14-16(4)15-18(19)20-11-8-3/h16-20H,6-15H2,1-5H3. The molecule has 0 aromatic rings. The van der Waals surface area contributed by atoms with E-state index >= 15 is 0 Å². The highest BCUT2D eigenvalue weighted by Crippen LogP contribution is 2.32. The van der Waals surface area contributed by atoms with Crippen molar-refractivity contribution in [3.63, 3.8) is 0 Å². The van der Waals surface area contributed by atoms with Crippen LogP contribution < -0.4 is 5.32 Å². The van der Waals surface area contributed by atoms with Crippen molar-refractivity contribution in [3.05, 3.63) is 0 Å². The van der Waals surface area contributed by atoms with Gasteiger partial charge in [0.2, 0.25) is 0 Å². The van der Waals surface area contributed by atoms with Crippen molar-refractivity contribution >= 4 is 0 Å². The molecular formula is C19H40N2. The molecule has 126 valence electrons. The van der Waals surface area contributed by atoms with Crippen LogP contribution in [0, 0.1) is 11.8 Å². The van der Waals surface area contributed by atoms with E-state index in [-0.39, 0.29) is 0 Å². The molecule has 0 bridgehead atoms. The molecule has 0 spiro atoms. The van der Waals surface area contributed by atoms with E-state index in [0.29, 0.717) is 6.04 Å². The van der Waals surface area contributed by atoms with Crippen LogP contribution in [-0.2, 0) is 0 Å². The maximum atomic E-state index is 3.87. The first-order valence-electron chi connectivity index (χ1n) is 9.61. The maximum absolute atomic E-state index is 3.87. The Balaban J connectivity index is 2.75. The second-order valence-electron chi connectivity index (χ2n) is 7.35. The van der Waals surface area contributed by atoms with E-state index in [4.69, 9.17) is 0 Å². The van der Waals surface area contributed by atoms with Crippen molar-refractivity contribution in [1.29, 1.82) is 0 Å². The van der Waals surface area contributed by atoms with Crippen LogP contribution in [0.5, 0.6) is 0 Å². The van der Waals surface area contributed by atoms with Gasteiger partial charge in [0.1, 0.15) is 0 Å². The molecule has 1 N–H and O–H groups in total. The summed E-state index contributed by atoms with van der Waals surface area (Å²) in [6.45, 7) is 15.6. The van der Waals surface area contributed by atoms with Gasteiger partial charge in [-0.3, -0.25) is 4.90 Å². The van der Waals surface area contributed by atoms with Gasteiger partial charge in [0.15, 0.2) is 0 Å². The highest BCUT2D eigenvalue weighted by molar-refractivity contribution is 4.94. The summed E-state index contributed by atoms with van der Waals surface area (Å²) in [5, 5.41) is 3.87. The SMILES string of the molecule is CCCCN(CCCC)C1C(C)CC(C)CC1NCCC. The third-order valence-electron chi connectivity index (χ3n) is 5.10. The Kier molecular flexibility index (Phi) is 9.59. The Labute approximate surface area is 134 Å². The van der Waals surface area contributed by atoms with E-state index in [9.17, 15) is 0 Å². The highest BCUT2D eigenvalue weighted by Gasteiger charge is 2.36. The summed E-state index contributed by atoms with van der Waals surface area (Å²) < 4.78 is 0. The van der Waals surface area contributed by atoms with Gasteiger partial charge in [-0.05, 0) is 63.6 Å². The van der Waals surface area contributed by atoms with Gasteiger partial charge >= 0.3 is 0 Å². The Morgan fingerprint density at radius 1 is 0.905 bits per heavy atom. The molecule has 0 aromatic carbocycles. The number of nitrogens with zero attached hydrogens (tertiary/aromatic N) is 1. The molecule has 0 saturated heterocycles. The summed E-state index contributed by atoms with van der Waals surface area (Å²) in [5.74, 6) is 1.71. The van der Waals surface area contributed by atoms with E-state index in [1.54, 1.807) is 0 Å². The van der Waals surface area contributed by atoms with Crippen molar-refractivity contribution in [2.24, 2.45) is 11.8 Å². The molecule has 1 fully saturated rings. The zero-order valence-corrected chi connectivity index (χ0v) is 15.3. The number of unbranched alkanes of at least 4 members (excludes halogenated alkanes) is 2. The molecular weight excluding hydrogens is 256 g/mol. The van der Waals surface area contributed by atoms with Crippen molar-refractivity contribution < 1.29 is 0 Å². The Morgan fingerprint density at radius 2 is 1.52 bits per heavy atom. The predicted octanol–water partition coefficient (Wildman–Crippen LogP) is 4.69. The summed E-state index contributed by atoms with van der Waals surface area (Å²) in [6, 6.07) is 1.46. The third kappa shape index (κ3) is 6.28. The number of rotatable bonds is 10. The molecule has 2 nitrogen and oxygen atoms in total. The molecule has 0 heterocycles. The normalized spacial score (nSPS) is 30.0. The van der Waals surface area contributed by atoms with E-state index in [2.05, 4.69) is 44.8 Å². The molecule has 1 aliphatic carbocycles. The second-order valence-corrected chi connectivity index (χ2v) is 7.35. The van der Waals surface area contributed by atoms with Gasteiger partial charge in [-0.25, -0.2) is 0 Å². The lowest BCUT2D eigenvalue weighted by molar-refractivity contribution is 0.0589. The summed E-state index contributed by atoms with van der Waals surface area (Å²) in [7, 11) is 0. The highest BCUT2D eigenvalue weighted by atomic mass is 15.2. The van der Waals surface area contributed by atoms with Gasteiger partial charge in [0, 0.05) is 12.1 Å². The largest absolute Gasteiger partial charge is 0.312 e. The molecule has 1 rings (SSSR count). The monoisotopic (exact) mass is 296 g/mol. The van der Waals surface area contributed by atoms with Crippen LogP contribution in [0.2, 0.25) is 0 Å². The summed E-state index contributed by atoms with van der Waals surface area (Å²) in [4.78, 5) is 2.83. The average molecular weight is 297 g/mol. The van der Waals surface area contributed by atoms with Crippen LogP contribution in [0.15, 0.2) is 0 Å². The van der Waals surface area contributed by atoms with Gasteiger partial charge in [-0.2, -0.15) is 0 Å². The first-order valence-corrected chi connectivity index (χ1v) is 9.61. The minimum Gasteiger partial charge on any atom is -0.312 e. The average Bonchev–Trinajstić information content (AvgIpc) is 2.46. The Morgan fingerprint density at radius 3 is 2.05 bits per heavy atom. The van der Waals surface area contributed by atoms with Gasteiger partial charge in [-0.15, -0.1) is 0 Å². The quantitative estimate of drug-likeness (QED) is 0.629. The lowest BCUT2D eigenvalue weighted by Gasteiger charge is -2.46. The first-order chi connectivity index (χ1) is 10.1. The topological polar surface area (TPSA) is 15.3 Å². The lowest BCUT2D eigenvalue weighted by Crippen LogP contribution is -2.57. The molecule has 0 radical (unpaired) electrons. The van der Waals surface area contributed by atoms with Crippen molar-refractivity contribution in [2.75, 3.05) is 19.6 Å². The molecule has 0 aromatic heterocycles. The number of hydrogen-bond acceptors (Lipinski definition) is 2. The molecule has 0 amide bonds. The van der Waals surface area contributed by atoms with Gasteiger partial charge in [-0.1, -0.05) is 47.5 Å². The maximum Gasteiger partial charge on any atom is 0.0275 e. The van der Waals surface area contributed by atoms with Crippen LogP contribution in [0.3, 0.4) is 0 Å². The molecule has 4 atom stereocenters. The smallest absolute Gasteiger partial charge is 0.0275 e. The summed E-state index contributed by atoms with van der Waals surface area (Å²) >= 11 is 0. The van der Waals surface area contributed by atoms with E-state index < -0.39 is 0 Å². The van der Waals surface area contributed by atoms with E-state index in [1.807, 2.05) is 0 Å². The summed E-state index contributed by atoms with van der Waals surface area (Å²) in [6.07, 6.45) is 9.34. The minimum atomic E-state index is 0.706. The minimum absolute atomic E-state index is 0.706. The zero-order valence-electron chi connectivity index (χ0n) is 15.3. The van der Waals surface area contributed by atoms with Crippen molar-refractivity contribution in [2.45, 2.75) is 91.6 Å². The van der Waals surface area contributed by atoms with Crippen molar-refractivity contribution in [1.82, 2.24) is 10.2 Å². The Hall–Kier alpha value is -0.0800.